The molecule has 2 aromatic heterocycles. The zero-order chi connectivity index (χ0) is 19.8. The Morgan fingerprint density at radius 3 is 2.79 bits per heavy atom. The molecule has 1 aromatic carbocycles. The molecule has 1 atom stereocenters. The van der Waals surface area contributed by atoms with E-state index < -0.39 is 0 Å². The second-order valence-electron chi connectivity index (χ2n) is 7.20. The summed E-state index contributed by atoms with van der Waals surface area (Å²) in [5.74, 6) is 0.687. The topological polar surface area (TPSA) is 33.0 Å². The maximum atomic E-state index is 6.34. The number of benzene rings is 1. The molecule has 1 saturated heterocycles. The summed E-state index contributed by atoms with van der Waals surface area (Å²) in [6, 6.07) is 8.76. The minimum absolute atomic E-state index is 0.527. The zero-order valence-corrected chi connectivity index (χ0v) is 18.2. The lowest BCUT2D eigenvalue weighted by Gasteiger charge is -2.39. The van der Waals surface area contributed by atoms with Crippen molar-refractivity contribution >= 4 is 34.9 Å². The fourth-order valence-corrected chi connectivity index (χ4v) is 4.76. The molecular formula is C21H25ClN4OS. The van der Waals surface area contributed by atoms with Crippen molar-refractivity contribution in [1.29, 1.82) is 0 Å². The number of aryl methyl sites for hydroxylation is 1. The van der Waals surface area contributed by atoms with Crippen LogP contribution in [0.15, 0.2) is 36.7 Å². The summed E-state index contributed by atoms with van der Waals surface area (Å²) in [4.78, 5) is 7.31. The minimum Gasteiger partial charge on any atom is -0.495 e. The fourth-order valence-electron chi connectivity index (χ4n) is 3.83. The highest BCUT2D eigenvalue weighted by molar-refractivity contribution is 7.96. The van der Waals surface area contributed by atoms with E-state index in [1.54, 1.807) is 7.11 Å². The Kier molecular flexibility index (Phi) is 5.45. The van der Waals surface area contributed by atoms with Gasteiger partial charge in [0.05, 0.1) is 17.8 Å². The molecule has 0 saturated carbocycles. The van der Waals surface area contributed by atoms with Gasteiger partial charge in [0, 0.05) is 55.4 Å². The molecule has 5 nitrogen and oxygen atoms in total. The number of methoxy groups -OCH3 is 1. The monoisotopic (exact) mass is 416 g/mol. The van der Waals surface area contributed by atoms with Crippen LogP contribution in [-0.4, -0.2) is 52.7 Å². The second-order valence-corrected chi connectivity index (χ2v) is 8.44. The number of fused-ring (bicyclic) bond motifs is 1. The van der Waals surface area contributed by atoms with E-state index >= 15 is 0 Å². The van der Waals surface area contributed by atoms with Crippen LogP contribution in [0.25, 0.3) is 16.9 Å². The molecule has 28 heavy (non-hydrogen) atoms. The van der Waals surface area contributed by atoms with Crippen molar-refractivity contribution in [2.75, 3.05) is 37.9 Å². The lowest BCUT2D eigenvalue weighted by molar-refractivity contribution is 0.337. The van der Waals surface area contributed by atoms with Gasteiger partial charge in [-0.05, 0) is 43.9 Å². The van der Waals surface area contributed by atoms with Gasteiger partial charge in [0.25, 0.3) is 0 Å². The first-order valence-electron chi connectivity index (χ1n) is 9.39. The number of imidazole rings is 1. The molecule has 0 bridgehead atoms. The molecule has 1 unspecified atom stereocenters. The van der Waals surface area contributed by atoms with Crippen molar-refractivity contribution in [3.8, 4) is 17.0 Å². The van der Waals surface area contributed by atoms with Crippen molar-refractivity contribution in [3.63, 3.8) is 0 Å². The van der Waals surface area contributed by atoms with Gasteiger partial charge in [-0.15, -0.1) is 0 Å². The number of halogens is 1. The molecule has 0 spiro atoms. The maximum Gasteiger partial charge on any atom is 0.139 e. The number of aromatic nitrogens is 2. The Morgan fingerprint density at radius 2 is 2.07 bits per heavy atom. The third-order valence-corrected chi connectivity index (χ3v) is 6.69. The van der Waals surface area contributed by atoms with E-state index in [4.69, 9.17) is 21.3 Å². The average molecular weight is 417 g/mol. The van der Waals surface area contributed by atoms with E-state index in [1.165, 1.54) is 5.69 Å². The van der Waals surface area contributed by atoms with Gasteiger partial charge in [0.15, 0.2) is 0 Å². The Balaban J connectivity index is 1.65. The van der Waals surface area contributed by atoms with Crippen LogP contribution in [0.3, 0.4) is 0 Å². The summed E-state index contributed by atoms with van der Waals surface area (Å²) in [5, 5.41) is 0.599. The standard InChI is InChI=1S/C21H25ClN4OS/c1-14-9-20(27-3)18(22)11-17(14)19-13-25-6-5-16(10-21(25)23-19)24-7-8-26(28-4)15(2)12-24/h5-6,9-11,13,15H,7-8,12H2,1-4H3. The van der Waals surface area contributed by atoms with E-state index in [-0.39, 0.29) is 0 Å². The summed E-state index contributed by atoms with van der Waals surface area (Å²) >= 11 is 8.17. The van der Waals surface area contributed by atoms with Gasteiger partial charge in [0.2, 0.25) is 0 Å². The Bertz CT molecular complexity index is 1010. The number of anilines is 1. The van der Waals surface area contributed by atoms with E-state index in [1.807, 2.05) is 24.1 Å². The summed E-state index contributed by atoms with van der Waals surface area (Å²) in [6.07, 6.45) is 6.30. The number of hydrogen-bond acceptors (Lipinski definition) is 5. The van der Waals surface area contributed by atoms with Crippen molar-refractivity contribution < 1.29 is 4.74 Å². The van der Waals surface area contributed by atoms with Crippen molar-refractivity contribution in [3.05, 3.63) is 47.2 Å². The zero-order valence-electron chi connectivity index (χ0n) is 16.6. The first-order chi connectivity index (χ1) is 13.5. The highest BCUT2D eigenvalue weighted by atomic mass is 35.5. The lowest BCUT2D eigenvalue weighted by atomic mass is 10.1. The third-order valence-electron chi connectivity index (χ3n) is 5.38. The van der Waals surface area contributed by atoms with Gasteiger partial charge in [-0.2, -0.15) is 0 Å². The summed E-state index contributed by atoms with van der Waals surface area (Å²) in [7, 11) is 1.63. The van der Waals surface area contributed by atoms with Gasteiger partial charge >= 0.3 is 0 Å². The Labute approximate surface area is 175 Å². The molecule has 1 aliphatic rings. The molecule has 0 amide bonds. The molecular weight excluding hydrogens is 392 g/mol. The Hall–Kier alpha value is -1.89. The number of pyridine rings is 1. The summed E-state index contributed by atoms with van der Waals surface area (Å²) in [6.45, 7) is 7.46. The first kappa shape index (κ1) is 19.4. The first-order valence-corrected chi connectivity index (χ1v) is 10.9. The van der Waals surface area contributed by atoms with Gasteiger partial charge in [-0.1, -0.05) is 23.5 Å². The van der Waals surface area contributed by atoms with Crippen molar-refractivity contribution in [2.45, 2.75) is 19.9 Å². The normalized spacial score (nSPS) is 18.0. The van der Waals surface area contributed by atoms with Crippen LogP contribution in [0.2, 0.25) is 5.02 Å². The van der Waals surface area contributed by atoms with Gasteiger partial charge in [-0.3, -0.25) is 0 Å². The molecule has 0 N–H and O–H groups in total. The SMILES string of the molecule is COc1cc(C)c(-c2cn3ccc(N4CCN(SC)C(C)C4)cc3n2)cc1Cl. The molecule has 3 aromatic rings. The molecule has 0 radical (unpaired) electrons. The van der Waals surface area contributed by atoms with E-state index in [0.29, 0.717) is 16.8 Å². The quantitative estimate of drug-likeness (QED) is 0.572. The van der Waals surface area contributed by atoms with Gasteiger partial charge < -0.3 is 14.0 Å². The molecule has 1 aliphatic heterocycles. The minimum atomic E-state index is 0.527. The smallest absolute Gasteiger partial charge is 0.139 e. The fraction of sp³-hybridized carbons (Fsp3) is 0.381. The molecule has 3 heterocycles. The van der Waals surface area contributed by atoms with Crippen LogP contribution in [0.4, 0.5) is 5.69 Å². The van der Waals surface area contributed by atoms with Crippen molar-refractivity contribution in [2.24, 2.45) is 0 Å². The second kappa shape index (κ2) is 7.85. The summed E-state index contributed by atoms with van der Waals surface area (Å²) < 4.78 is 9.83. The number of ether oxygens (including phenoxy) is 1. The maximum absolute atomic E-state index is 6.34. The summed E-state index contributed by atoms with van der Waals surface area (Å²) in [5.41, 5.74) is 5.20. The molecule has 4 rings (SSSR count). The van der Waals surface area contributed by atoms with Crippen LogP contribution >= 0.6 is 23.5 Å². The largest absolute Gasteiger partial charge is 0.495 e. The average Bonchev–Trinajstić information content (AvgIpc) is 3.12. The van der Waals surface area contributed by atoms with Crippen molar-refractivity contribution in [1.82, 2.24) is 13.7 Å². The molecule has 0 aliphatic carbocycles. The van der Waals surface area contributed by atoms with E-state index in [9.17, 15) is 0 Å². The number of piperazine rings is 1. The van der Waals surface area contributed by atoms with E-state index in [0.717, 1.165) is 42.1 Å². The van der Waals surface area contributed by atoms with Crippen LogP contribution in [0.5, 0.6) is 5.75 Å². The van der Waals surface area contributed by atoms with Crippen LogP contribution in [0.1, 0.15) is 12.5 Å². The highest BCUT2D eigenvalue weighted by Gasteiger charge is 2.23. The third kappa shape index (κ3) is 3.56. The van der Waals surface area contributed by atoms with Crippen LogP contribution in [0, 0.1) is 6.92 Å². The van der Waals surface area contributed by atoms with Gasteiger partial charge in [0.1, 0.15) is 11.4 Å². The number of hydrogen-bond donors (Lipinski definition) is 0. The predicted molar refractivity (Wildman–Crippen MR) is 119 cm³/mol. The number of rotatable bonds is 4. The van der Waals surface area contributed by atoms with Crippen LogP contribution in [-0.2, 0) is 0 Å². The highest BCUT2D eigenvalue weighted by Crippen LogP contribution is 2.33. The molecule has 148 valence electrons. The molecule has 1 fully saturated rings. The van der Waals surface area contributed by atoms with Gasteiger partial charge in [-0.25, -0.2) is 9.29 Å². The predicted octanol–water partition coefficient (Wildman–Crippen LogP) is 4.76. The number of nitrogens with zero attached hydrogens (tertiary/aromatic N) is 4. The molecule has 7 heteroatoms. The Morgan fingerprint density at radius 1 is 1.25 bits per heavy atom. The van der Waals surface area contributed by atoms with Crippen LogP contribution < -0.4 is 9.64 Å². The lowest BCUT2D eigenvalue weighted by Crippen LogP contribution is -2.48. The van der Waals surface area contributed by atoms with E-state index in [2.05, 4.69) is 58.2 Å².